The molecule has 2 aromatic rings. The van der Waals surface area contributed by atoms with E-state index in [9.17, 15) is 8.78 Å². The zero-order chi connectivity index (χ0) is 15.4. The molecule has 2 aromatic carbocycles. The van der Waals surface area contributed by atoms with E-state index in [-0.39, 0.29) is 5.56 Å². The van der Waals surface area contributed by atoms with Crippen LogP contribution in [0.4, 0.5) is 8.78 Å². The summed E-state index contributed by atoms with van der Waals surface area (Å²) in [6.45, 7) is 1.64. The van der Waals surface area contributed by atoms with Crippen LogP contribution in [-0.4, -0.2) is 14.2 Å². The normalized spacial score (nSPS) is 12.2. The van der Waals surface area contributed by atoms with Crippen LogP contribution in [0.1, 0.15) is 22.7 Å². The third-order valence-electron chi connectivity index (χ3n) is 3.62. The number of hydrogen-bond acceptors (Lipinski definition) is 2. The fourth-order valence-corrected chi connectivity index (χ4v) is 2.34. The average Bonchev–Trinajstić information content (AvgIpc) is 2.51. The number of likely N-dealkylation sites (N-methyl/N-ethyl adjacent to an activating group) is 1. The van der Waals surface area contributed by atoms with E-state index in [1.807, 2.05) is 24.3 Å². The lowest BCUT2D eigenvalue weighted by atomic mass is 9.96. The van der Waals surface area contributed by atoms with E-state index in [4.69, 9.17) is 4.74 Å². The van der Waals surface area contributed by atoms with Crippen molar-refractivity contribution in [2.45, 2.75) is 19.4 Å². The van der Waals surface area contributed by atoms with E-state index < -0.39 is 17.7 Å². The van der Waals surface area contributed by atoms with Gasteiger partial charge in [-0.2, -0.15) is 0 Å². The number of halogens is 2. The molecule has 0 bridgehead atoms. The number of benzene rings is 2. The van der Waals surface area contributed by atoms with Crippen molar-refractivity contribution in [1.29, 1.82) is 0 Å². The SMILES string of the molecule is CNC(Cc1ccc(OC)cc1)c1c(F)ccc(C)c1F. The highest BCUT2D eigenvalue weighted by atomic mass is 19.1. The second kappa shape index (κ2) is 6.68. The van der Waals surface area contributed by atoms with Crippen molar-refractivity contribution >= 4 is 0 Å². The number of hydrogen-bond donors (Lipinski definition) is 1. The number of aryl methyl sites for hydroxylation is 1. The maximum Gasteiger partial charge on any atom is 0.133 e. The highest BCUT2D eigenvalue weighted by molar-refractivity contribution is 5.32. The van der Waals surface area contributed by atoms with Crippen molar-refractivity contribution in [2.24, 2.45) is 0 Å². The molecule has 0 fully saturated rings. The quantitative estimate of drug-likeness (QED) is 0.905. The minimum Gasteiger partial charge on any atom is -0.497 e. The Morgan fingerprint density at radius 2 is 1.76 bits per heavy atom. The molecule has 0 aliphatic heterocycles. The third-order valence-corrected chi connectivity index (χ3v) is 3.62. The maximum absolute atomic E-state index is 14.2. The fourth-order valence-electron chi connectivity index (χ4n) is 2.34. The molecular weight excluding hydrogens is 272 g/mol. The van der Waals surface area contributed by atoms with Crippen molar-refractivity contribution in [3.8, 4) is 5.75 Å². The fraction of sp³-hybridized carbons (Fsp3) is 0.294. The van der Waals surface area contributed by atoms with Crippen LogP contribution < -0.4 is 10.1 Å². The zero-order valence-electron chi connectivity index (χ0n) is 12.4. The summed E-state index contributed by atoms with van der Waals surface area (Å²) in [5.41, 5.74) is 1.52. The van der Waals surface area contributed by atoms with Gasteiger partial charge in [0, 0.05) is 11.6 Å². The van der Waals surface area contributed by atoms with Crippen LogP contribution in [0.25, 0.3) is 0 Å². The third kappa shape index (κ3) is 3.39. The molecule has 112 valence electrons. The topological polar surface area (TPSA) is 21.3 Å². The summed E-state index contributed by atoms with van der Waals surface area (Å²) in [5.74, 6) is -0.249. The molecular formula is C17H19F2NO. The summed E-state index contributed by atoms with van der Waals surface area (Å²) in [5, 5.41) is 2.99. The first-order valence-corrected chi connectivity index (χ1v) is 6.81. The number of rotatable bonds is 5. The van der Waals surface area contributed by atoms with Crippen LogP contribution in [0.5, 0.6) is 5.75 Å². The molecule has 1 atom stereocenters. The molecule has 2 nitrogen and oxygen atoms in total. The van der Waals surface area contributed by atoms with Crippen LogP contribution in [0, 0.1) is 18.6 Å². The van der Waals surface area contributed by atoms with Crippen molar-refractivity contribution in [3.63, 3.8) is 0 Å². The summed E-state index contributed by atoms with van der Waals surface area (Å²) < 4.78 is 33.3. The van der Waals surface area contributed by atoms with Crippen LogP contribution in [0.15, 0.2) is 36.4 Å². The van der Waals surface area contributed by atoms with E-state index in [1.54, 1.807) is 21.1 Å². The molecule has 0 saturated carbocycles. The molecule has 0 aliphatic carbocycles. The van der Waals surface area contributed by atoms with Crippen LogP contribution in [-0.2, 0) is 6.42 Å². The maximum atomic E-state index is 14.2. The van der Waals surface area contributed by atoms with Gasteiger partial charge in [0.25, 0.3) is 0 Å². The Labute approximate surface area is 123 Å². The lowest BCUT2D eigenvalue weighted by Gasteiger charge is -2.19. The monoisotopic (exact) mass is 291 g/mol. The van der Waals surface area contributed by atoms with Gasteiger partial charge in [0.2, 0.25) is 0 Å². The number of ether oxygens (including phenoxy) is 1. The second-order valence-corrected chi connectivity index (χ2v) is 4.99. The van der Waals surface area contributed by atoms with Crippen molar-refractivity contribution < 1.29 is 13.5 Å². The summed E-state index contributed by atoms with van der Waals surface area (Å²) >= 11 is 0. The second-order valence-electron chi connectivity index (χ2n) is 4.99. The Bertz CT molecular complexity index is 611. The molecule has 0 amide bonds. The van der Waals surface area contributed by atoms with E-state index in [0.717, 1.165) is 11.3 Å². The molecule has 0 saturated heterocycles. The van der Waals surface area contributed by atoms with Crippen molar-refractivity contribution in [1.82, 2.24) is 5.32 Å². The summed E-state index contributed by atoms with van der Waals surface area (Å²) in [4.78, 5) is 0. The van der Waals surface area contributed by atoms with Gasteiger partial charge < -0.3 is 10.1 Å². The largest absolute Gasteiger partial charge is 0.497 e. The smallest absolute Gasteiger partial charge is 0.133 e. The van der Waals surface area contributed by atoms with Gasteiger partial charge in [0.15, 0.2) is 0 Å². The van der Waals surface area contributed by atoms with E-state index in [2.05, 4.69) is 5.32 Å². The predicted octanol–water partition coefficient (Wildman–Crippen LogP) is 3.79. The molecule has 2 rings (SSSR count). The minimum atomic E-state index is -0.522. The lowest BCUT2D eigenvalue weighted by molar-refractivity contribution is 0.414. The van der Waals surface area contributed by atoms with Gasteiger partial charge in [-0.25, -0.2) is 8.78 Å². The molecule has 0 aliphatic rings. The Kier molecular flexibility index (Phi) is 4.91. The summed E-state index contributed by atoms with van der Waals surface area (Å²) in [6, 6.07) is 9.82. The van der Waals surface area contributed by atoms with Crippen molar-refractivity contribution in [2.75, 3.05) is 14.2 Å². The minimum absolute atomic E-state index is 0.0910. The molecule has 4 heteroatoms. The Hall–Kier alpha value is -1.94. The van der Waals surface area contributed by atoms with Gasteiger partial charge in [0.1, 0.15) is 17.4 Å². The summed E-state index contributed by atoms with van der Waals surface area (Å²) in [6.07, 6.45) is 0.498. The molecule has 21 heavy (non-hydrogen) atoms. The number of methoxy groups -OCH3 is 1. The first-order valence-electron chi connectivity index (χ1n) is 6.81. The highest BCUT2D eigenvalue weighted by Gasteiger charge is 2.20. The Balaban J connectivity index is 2.29. The van der Waals surface area contributed by atoms with Gasteiger partial charge in [-0.05, 0) is 49.7 Å². The summed E-state index contributed by atoms with van der Waals surface area (Å²) in [7, 11) is 3.30. The molecule has 0 spiro atoms. The number of nitrogens with one attached hydrogen (secondary N) is 1. The predicted molar refractivity (Wildman–Crippen MR) is 79.6 cm³/mol. The molecule has 1 unspecified atom stereocenters. The first-order chi connectivity index (χ1) is 10.1. The van der Waals surface area contributed by atoms with Gasteiger partial charge in [-0.15, -0.1) is 0 Å². The van der Waals surface area contributed by atoms with Gasteiger partial charge in [-0.1, -0.05) is 18.2 Å². The van der Waals surface area contributed by atoms with Crippen LogP contribution in [0.2, 0.25) is 0 Å². The lowest BCUT2D eigenvalue weighted by Crippen LogP contribution is -2.22. The van der Waals surface area contributed by atoms with Gasteiger partial charge >= 0.3 is 0 Å². The van der Waals surface area contributed by atoms with E-state index in [0.29, 0.717) is 12.0 Å². The standard InChI is InChI=1S/C17H19F2NO/c1-11-4-9-14(18)16(17(11)19)15(20-2)10-12-5-7-13(21-3)8-6-12/h4-9,15,20H,10H2,1-3H3. The average molecular weight is 291 g/mol. The highest BCUT2D eigenvalue weighted by Crippen LogP contribution is 2.26. The molecule has 0 heterocycles. The van der Waals surface area contributed by atoms with Crippen molar-refractivity contribution in [3.05, 3.63) is 64.7 Å². The van der Waals surface area contributed by atoms with Gasteiger partial charge in [-0.3, -0.25) is 0 Å². The molecule has 0 aromatic heterocycles. The van der Waals surface area contributed by atoms with Crippen LogP contribution in [0.3, 0.4) is 0 Å². The van der Waals surface area contributed by atoms with E-state index in [1.165, 1.54) is 12.1 Å². The zero-order valence-corrected chi connectivity index (χ0v) is 12.4. The first kappa shape index (κ1) is 15.4. The Morgan fingerprint density at radius 1 is 1.10 bits per heavy atom. The molecule has 1 N–H and O–H groups in total. The van der Waals surface area contributed by atoms with Crippen LogP contribution >= 0.6 is 0 Å². The van der Waals surface area contributed by atoms with Gasteiger partial charge in [0.05, 0.1) is 7.11 Å². The van der Waals surface area contributed by atoms with E-state index >= 15 is 0 Å². The molecule has 0 radical (unpaired) electrons. The Morgan fingerprint density at radius 3 is 2.33 bits per heavy atom.